The Labute approximate surface area is 73.0 Å². The molecule has 0 spiro atoms. The number of rotatable bonds is 2. The summed E-state index contributed by atoms with van der Waals surface area (Å²) in [4.78, 5) is 11.3. The molecule has 0 bridgehead atoms. The first-order valence-corrected chi connectivity index (χ1v) is 4.45. The zero-order valence-electron chi connectivity index (χ0n) is 7.87. The van der Waals surface area contributed by atoms with Gasteiger partial charge in [-0.05, 0) is 33.6 Å². The van der Waals surface area contributed by atoms with Gasteiger partial charge in [-0.25, -0.2) is 4.79 Å². The Balaban J connectivity index is 2.33. The highest BCUT2D eigenvalue weighted by atomic mass is 16.6. The lowest BCUT2D eigenvalue weighted by molar-refractivity contribution is -0.159. The van der Waals surface area contributed by atoms with Crippen molar-refractivity contribution >= 4 is 5.97 Å². The molecule has 0 N–H and O–H groups in total. The lowest BCUT2D eigenvalue weighted by Crippen LogP contribution is -2.25. The normalized spacial score (nSPS) is 29.3. The van der Waals surface area contributed by atoms with E-state index < -0.39 is 0 Å². The van der Waals surface area contributed by atoms with Crippen molar-refractivity contribution in [2.45, 2.75) is 51.9 Å². The van der Waals surface area contributed by atoms with Crippen LogP contribution in [0.15, 0.2) is 0 Å². The van der Waals surface area contributed by atoms with Gasteiger partial charge in [0.15, 0.2) is 6.10 Å². The molecule has 0 aromatic heterocycles. The van der Waals surface area contributed by atoms with Crippen molar-refractivity contribution in [3.63, 3.8) is 0 Å². The fourth-order valence-corrected chi connectivity index (χ4v) is 1.28. The van der Waals surface area contributed by atoms with Gasteiger partial charge in [-0.2, -0.15) is 0 Å². The SMILES string of the molecule is CC(C)OC(=O)C1CCC(C)O1. The molecule has 0 aromatic rings. The van der Waals surface area contributed by atoms with Crippen LogP contribution < -0.4 is 0 Å². The fourth-order valence-electron chi connectivity index (χ4n) is 1.28. The number of hydrogen-bond acceptors (Lipinski definition) is 3. The van der Waals surface area contributed by atoms with Crippen molar-refractivity contribution in [3.05, 3.63) is 0 Å². The molecule has 0 aliphatic carbocycles. The molecule has 0 aromatic carbocycles. The first-order chi connectivity index (χ1) is 5.59. The molecule has 0 saturated carbocycles. The summed E-state index contributed by atoms with van der Waals surface area (Å²) in [7, 11) is 0. The monoisotopic (exact) mass is 172 g/mol. The average molecular weight is 172 g/mol. The van der Waals surface area contributed by atoms with Crippen molar-refractivity contribution in [1.82, 2.24) is 0 Å². The molecule has 2 unspecified atom stereocenters. The molecule has 0 radical (unpaired) electrons. The minimum atomic E-state index is -0.317. The van der Waals surface area contributed by atoms with Crippen LogP contribution in [0.1, 0.15) is 33.6 Å². The first-order valence-electron chi connectivity index (χ1n) is 4.45. The molecule has 1 heterocycles. The Morgan fingerprint density at radius 1 is 1.50 bits per heavy atom. The topological polar surface area (TPSA) is 35.5 Å². The second-order valence-corrected chi connectivity index (χ2v) is 3.50. The summed E-state index contributed by atoms with van der Waals surface area (Å²) < 4.78 is 10.4. The zero-order valence-corrected chi connectivity index (χ0v) is 7.87. The van der Waals surface area contributed by atoms with E-state index in [1.165, 1.54) is 0 Å². The Kier molecular flexibility index (Phi) is 3.09. The summed E-state index contributed by atoms with van der Waals surface area (Å²) in [6.07, 6.45) is 1.60. The third-order valence-corrected chi connectivity index (χ3v) is 1.85. The molecule has 3 heteroatoms. The molecule has 1 aliphatic heterocycles. The number of carbonyl (C=O) groups excluding carboxylic acids is 1. The summed E-state index contributed by atoms with van der Waals surface area (Å²) in [6.45, 7) is 5.66. The van der Waals surface area contributed by atoms with Crippen molar-refractivity contribution < 1.29 is 14.3 Å². The van der Waals surface area contributed by atoms with Crippen LogP contribution in [0.3, 0.4) is 0 Å². The largest absolute Gasteiger partial charge is 0.461 e. The van der Waals surface area contributed by atoms with Gasteiger partial charge >= 0.3 is 5.97 Å². The van der Waals surface area contributed by atoms with E-state index in [1.54, 1.807) is 0 Å². The van der Waals surface area contributed by atoms with Crippen LogP contribution in [0, 0.1) is 0 Å². The minimum Gasteiger partial charge on any atom is -0.461 e. The molecule has 1 fully saturated rings. The highest BCUT2D eigenvalue weighted by Crippen LogP contribution is 2.20. The maximum Gasteiger partial charge on any atom is 0.335 e. The van der Waals surface area contributed by atoms with Gasteiger partial charge in [0.25, 0.3) is 0 Å². The van der Waals surface area contributed by atoms with Crippen molar-refractivity contribution in [2.24, 2.45) is 0 Å². The molecular formula is C9H16O3. The Hall–Kier alpha value is -0.570. The van der Waals surface area contributed by atoms with Crippen molar-refractivity contribution in [1.29, 1.82) is 0 Å². The predicted octanol–water partition coefficient (Wildman–Crippen LogP) is 1.51. The fraction of sp³-hybridized carbons (Fsp3) is 0.889. The number of carbonyl (C=O) groups is 1. The third kappa shape index (κ3) is 2.48. The van der Waals surface area contributed by atoms with Gasteiger partial charge in [0, 0.05) is 0 Å². The Morgan fingerprint density at radius 2 is 2.17 bits per heavy atom. The predicted molar refractivity (Wildman–Crippen MR) is 44.8 cm³/mol. The van der Waals surface area contributed by atoms with E-state index in [-0.39, 0.29) is 24.3 Å². The average Bonchev–Trinajstić information content (AvgIpc) is 2.34. The van der Waals surface area contributed by atoms with E-state index in [4.69, 9.17) is 9.47 Å². The molecule has 1 rings (SSSR count). The highest BCUT2D eigenvalue weighted by molar-refractivity contribution is 5.75. The molecule has 12 heavy (non-hydrogen) atoms. The summed E-state index contributed by atoms with van der Waals surface area (Å²) in [6, 6.07) is 0. The van der Waals surface area contributed by atoms with Crippen LogP contribution in [0.4, 0.5) is 0 Å². The van der Waals surface area contributed by atoms with Crippen LogP contribution in [-0.2, 0) is 14.3 Å². The number of ether oxygens (including phenoxy) is 2. The molecular weight excluding hydrogens is 156 g/mol. The summed E-state index contributed by atoms with van der Waals surface area (Å²) in [5.41, 5.74) is 0. The maximum absolute atomic E-state index is 11.3. The summed E-state index contributed by atoms with van der Waals surface area (Å²) in [5, 5.41) is 0. The van der Waals surface area contributed by atoms with Crippen LogP contribution in [-0.4, -0.2) is 24.3 Å². The van der Waals surface area contributed by atoms with E-state index >= 15 is 0 Å². The minimum absolute atomic E-state index is 0.0444. The molecule has 2 atom stereocenters. The standard InChI is InChI=1S/C9H16O3/c1-6(2)11-9(10)8-5-4-7(3)12-8/h6-8H,4-5H2,1-3H3. The number of hydrogen-bond donors (Lipinski definition) is 0. The third-order valence-electron chi connectivity index (χ3n) is 1.85. The maximum atomic E-state index is 11.3. The van der Waals surface area contributed by atoms with E-state index in [9.17, 15) is 4.79 Å². The highest BCUT2D eigenvalue weighted by Gasteiger charge is 2.29. The van der Waals surface area contributed by atoms with Gasteiger partial charge in [0.05, 0.1) is 12.2 Å². The van der Waals surface area contributed by atoms with E-state index in [1.807, 2.05) is 20.8 Å². The van der Waals surface area contributed by atoms with E-state index in [2.05, 4.69) is 0 Å². The summed E-state index contributed by atoms with van der Waals surface area (Å²) >= 11 is 0. The van der Waals surface area contributed by atoms with E-state index in [0.29, 0.717) is 0 Å². The number of esters is 1. The lowest BCUT2D eigenvalue weighted by atomic mass is 10.2. The Morgan fingerprint density at radius 3 is 2.58 bits per heavy atom. The van der Waals surface area contributed by atoms with Gasteiger partial charge < -0.3 is 9.47 Å². The van der Waals surface area contributed by atoms with Gasteiger partial charge in [-0.1, -0.05) is 0 Å². The van der Waals surface area contributed by atoms with Gasteiger partial charge in [0.1, 0.15) is 0 Å². The lowest BCUT2D eigenvalue weighted by Gasteiger charge is -2.12. The molecule has 70 valence electrons. The molecule has 0 amide bonds. The van der Waals surface area contributed by atoms with Crippen LogP contribution >= 0.6 is 0 Å². The zero-order chi connectivity index (χ0) is 9.14. The van der Waals surface area contributed by atoms with Crippen LogP contribution in [0.5, 0.6) is 0 Å². The van der Waals surface area contributed by atoms with Crippen molar-refractivity contribution in [3.8, 4) is 0 Å². The van der Waals surface area contributed by atoms with Gasteiger partial charge in [0.2, 0.25) is 0 Å². The second kappa shape index (κ2) is 3.90. The molecule has 1 aliphatic rings. The summed E-state index contributed by atoms with van der Waals surface area (Å²) in [5.74, 6) is -0.214. The Bertz CT molecular complexity index is 165. The second-order valence-electron chi connectivity index (χ2n) is 3.50. The van der Waals surface area contributed by atoms with Crippen LogP contribution in [0.25, 0.3) is 0 Å². The smallest absolute Gasteiger partial charge is 0.335 e. The molecule has 1 saturated heterocycles. The van der Waals surface area contributed by atoms with E-state index in [0.717, 1.165) is 12.8 Å². The van der Waals surface area contributed by atoms with Crippen molar-refractivity contribution in [2.75, 3.05) is 0 Å². The van der Waals surface area contributed by atoms with Gasteiger partial charge in [-0.15, -0.1) is 0 Å². The van der Waals surface area contributed by atoms with Gasteiger partial charge in [-0.3, -0.25) is 0 Å². The van der Waals surface area contributed by atoms with Crippen LogP contribution in [0.2, 0.25) is 0 Å². The quantitative estimate of drug-likeness (QED) is 0.592. The first kappa shape index (κ1) is 9.52. The molecule has 3 nitrogen and oxygen atoms in total.